The number of halogens is 1. The van der Waals surface area contributed by atoms with Crippen molar-refractivity contribution in [3.63, 3.8) is 0 Å². The Hall–Kier alpha value is -1.82. The molecule has 1 rings (SSSR count). The van der Waals surface area contributed by atoms with Gasteiger partial charge in [0.05, 0.1) is 5.54 Å². The van der Waals surface area contributed by atoms with E-state index in [1.807, 2.05) is 6.92 Å². The molecule has 0 fully saturated rings. The molecule has 0 bridgehead atoms. The third-order valence-corrected chi connectivity index (χ3v) is 2.52. The van der Waals surface area contributed by atoms with Crippen LogP contribution in [0.25, 0.3) is 0 Å². The zero-order chi connectivity index (χ0) is 12.2. The molecule has 84 valence electrons. The second-order valence-electron chi connectivity index (χ2n) is 3.79. The summed E-state index contributed by atoms with van der Waals surface area (Å²) in [5.74, 6) is 1.88. The van der Waals surface area contributed by atoms with Crippen LogP contribution in [0.15, 0.2) is 24.3 Å². The van der Waals surface area contributed by atoms with Gasteiger partial charge in [-0.1, -0.05) is 12.8 Å². The minimum absolute atomic E-state index is 0.290. The lowest BCUT2D eigenvalue weighted by molar-refractivity contribution is 0.0923. The minimum Gasteiger partial charge on any atom is -0.336 e. The molecule has 0 aromatic heterocycles. The number of hydrogen-bond donors (Lipinski definition) is 1. The van der Waals surface area contributed by atoms with Gasteiger partial charge in [0.2, 0.25) is 0 Å². The summed E-state index contributed by atoms with van der Waals surface area (Å²) in [6.07, 6.45) is 5.98. The van der Waals surface area contributed by atoms with E-state index < -0.39 is 5.54 Å². The van der Waals surface area contributed by atoms with Gasteiger partial charge in [0, 0.05) is 5.56 Å². The zero-order valence-electron chi connectivity index (χ0n) is 9.38. The van der Waals surface area contributed by atoms with E-state index in [2.05, 4.69) is 11.2 Å². The van der Waals surface area contributed by atoms with Crippen molar-refractivity contribution in [1.29, 1.82) is 0 Å². The van der Waals surface area contributed by atoms with Gasteiger partial charge in [-0.2, -0.15) is 0 Å². The van der Waals surface area contributed by atoms with E-state index in [1.165, 1.54) is 24.3 Å². The average Bonchev–Trinajstić information content (AvgIpc) is 2.29. The van der Waals surface area contributed by atoms with Gasteiger partial charge >= 0.3 is 0 Å². The summed E-state index contributed by atoms with van der Waals surface area (Å²) in [6.45, 7) is 3.67. The van der Waals surface area contributed by atoms with Crippen molar-refractivity contribution < 1.29 is 9.18 Å². The fourth-order valence-corrected chi connectivity index (χ4v) is 1.15. The van der Waals surface area contributed by atoms with Crippen LogP contribution in [0.3, 0.4) is 0 Å². The van der Waals surface area contributed by atoms with Crippen molar-refractivity contribution in [1.82, 2.24) is 5.32 Å². The monoisotopic (exact) mass is 219 g/mol. The Balaban J connectivity index is 2.81. The van der Waals surface area contributed by atoms with Gasteiger partial charge in [-0.05, 0) is 37.6 Å². The van der Waals surface area contributed by atoms with Crippen LogP contribution in [0.4, 0.5) is 4.39 Å². The first kappa shape index (κ1) is 12.3. The summed E-state index contributed by atoms with van der Waals surface area (Å²) in [7, 11) is 0. The van der Waals surface area contributed by atoms with Crippen molar-refractivity contribution in [2.24, 2.45) is 0 Å². The molecule has 1 aromatic carbocycles. The molecule has 0 saturated heterocycles. The summed E-state index contributed by atoms with van der Waals surface area (Å²) < 4.78 is 12.7. The van der Waals surface area contributed by atoms with Crippen molar-refractivity contribution in [2.75, 3.05) is 0 Å². The van der Waals surface area contributed by atoms with Gasteiger partial charge in [0.25, 0.3) is 5.91 Å². The molecule has 0 heterocycles. The zero-order valence-corrected chi connectivity index (χ0v) is 9.38. The lowest BCUT2D eigenvalue weighted by Crippen LogP contribution is -2.44. The first-order chi connectivity index (χ1) is 7.50. The van der Waals surface area contributed by atoms with Crippen LogP contribution in [-0.2, 0) is 0 Å². The minimum atomic E-state index is -0.661. The number of benzene rings is 1. The molecule has 0 radical (unpaired) electrons. The third kappa shape index (κ3) is 2.83. The highest BCUT2D eigenvalue weighted by Gasteiger charge is 2.21. The molecule has 0 aliphatic carbocycles. The molecule has 0 aliphatic rings. The van der Waals surface area contributed by atoms with Crippen molar-refractivity contribution in [3.8, 4) is 12.3 Å². The Labute approximate surface area is 94.9 Å². The summed E-state index contributed by atoms with van der Waals surface area (Å²) in [4.78, 5) is 11.8. The first-order valence-electron chi connectivity index (χ1n) is 5.06. The molecule has 0 spiro atoms. The molecular formula is C13H14FNO. The number of carbonyl (C=O) groups is 1. The van der Waals surface area contributed by atoms with Gasteiger partial charge in [-0.3, -0.25) is 4.79 Å². The Morgan fingerprint density at radius 3 is 2.50 bits per heavy atom. The maximum atomic E-state index is 12.7. The van der Waals surface area contributed by atoms with E-state index in [0.29, 0.717) is 12.0 Å². The number of terminal acetylenes is 1. The van der Waals surface area contributed by atoms with Gasteiger partial charge < -0.3 is 5.32 Å². The number of nitrogens with one attached hydrogen (secondary N) is 1. The van der Waals surface area contributed by atoms with Crippen LogP contribution in [0.5, 0.6) is 0 Å². The summed E-state index contributed by atoms with van der Waals surface area (Å²) in [5.41, 5.74) is -0.262. The second-order valence-corrected chi connectivity index (χ2v) is 3.79. The van der Waals surface area contributed by atoms with Crippen LogP contribution >= 0.6 is 0 Å². The Bertz CT molecular complexity index is 419. The van der Waals surface area contributed by atoms with Crippen molar-refractivity contribution >= 4 is 5.91 Å². The topological polar surface area (TPSA) is 29.1 Å². The van der Waals surface area contributed by atoms with Gasteiger partial charge in [-0.15, -0.1) is 6.42 Å². The van der Waals surface area contributed by atoms with E-state index in [-0.39, 0.29) is 11.7 Å². The van der Waals surface area contributed by atoms with Gasteiger partial charge in [0.15, 0.2) is 0 Å². The van der Waals surface area contributed by atoms with Crippen LogP contribution in [0.1, 0.15) is 30.6 Å². The van der Waals surface area contributed by atoms with E-state index >= 15 is 0 Å². The van der Waals surface area contributed by atoms with Crippen LogP contribution in [-0.4, -0.2) is 11.4 Å². The smallest absolute Gasteiger partial charge is 0.252 e. The highest BCUT2D eigenvalue weighted by Crippen LogP contribution is 2.10. The second kappa shape index (κ2) is 4.80. The van der Waals surface area contributed by atoms with Gasteiger partial charge in [-0.25, -0.2) is 4.39 Å². The first-order valence-corrected chi connectivity index (χ1v) is 5.06. The fraction of sp³-hybridized carbons (Fsp3) is 0.308. The molecule has 0 aliphatic heterocycles. The molecule has 0 saturated carbocycles. The SMILES string of the molecule is C#C[C@@](C)(CC)NC(=O)c1ccc(F)cc1. The standard InChI is InChI=1S/C13H14FNO/c1-4-13(3,5-2)15-12(16)10-6-8-11(14)9-7-10/h1,6-9H,5H2,2-3H3,(H,15,16)/t13-/m0/s1. The molecule has 2 nitrogen and oxygen atoms in total. The predicted octanol–water partition coefficient (Wildman–Crippen LogP) is 2.36. The molecule has 1 aromatic rings. The van der Waals surface area contributed by atoms with Crippen LogP contribution < -0.4 is 5.32 Å². The average molecular weight is 219 g/mol. The van der Waals surface area contributed by atoms with Crippen molar-refractivity contribution in [2.45, 2.75) is 25.8 Å². The highest BCUT2D eigenvalue weighted by atomic mass is 19.1. The number of amides is 1. The quantitative estimate of drug-likeness (QED) is 0.777. The number of carbonyl (C=O) groups excluding carboxylic acids is 1. The molecule has 3 heteroatoms. The molecule has 0 unspecified atom stereocenters. The summed E-state index contributed by atoms with van der Waals surface area (Å²) in [6, 6.07) is 5.34. The van der Waals surface area contributed by atoms with Crippen molar-refractivity contribution in [3.05, 3.63) is 35.6 Å². The maximum Gasteiger partial charge on any atom is 0.252 e. The van der Waals surface area contributed by atoms with E-state index in [0.717, 1.165) is 0 Å². The third-order valence-electron chi connectivity index (χ3n) is 2.52. The lowest BCUT2D eigenvalue weighted by Gasteiger charge is -2.23. The fourth-order valence-electron chi connectivity index (χ4n) is 1.15. The van der Waals surface area contributed by atoms with E-state index in [9.17, 15) is 9.18 Å². The Morgan fingerprint density at radius 1 is 1.50 bits per heavy atom. The number of hydrogen-bond acceptors (Lipinski definition) is 1. The predicted molar refractivity (Wildman–Crippen MR) is 61.4 cm³/mol. The lowest BCUT2D eigenvalue weighted by atomic mass is 9.99. The Kier molecular flexibility index (Phi) is 3.68. The summed E-state index contributed by atoms with van der Waals surface area (Å²) >= 11 is 0. The molecule has 1 N–H and O–H groups in total. The Morgan fingerprint density at radius 2 is 2.06 bits per heavy atom. The largest absolute Gasteiger partial charge is 0.336 e. The van der Waals surface area contributed by atoms with E-state index in [1.54, 1.807) is 6.92 Å². The molecule has 1 amide bonds. The van der Waals surface area contributed by atoms with Crippen LogP contribution in [0.2, 0.25) is 0 Å². The molecule has 16 heavy (non-hydrogen) atoms. The molecular weight excluding hydrogens is 205 g/mol. The summed E-state index contributed by atoms with van der Waals surface area (Å²) in [5, 5.41) is 2.73. The van der Waals surface area contributed by atoms with Crippen LogP contribution in [0, 0.1) is 18.2 Å². The van der Waals surface area contributed by atoms with E-state index in [4.69, 9.17) is 6.42 Å². The number of rotatable bonds is 3. The highest BCUT2D eigenvalue weighted by molar-refractivity contribution is 5.94. The normalized spacial score (nSPS) is 13.6. The van der Waals surface area contributed by atoms with Gasteiger partial charge in [0.1, 0.15) is 5.82 Å². The molecule has 1 atom stereocenters. The maximum absolute atomic E-state index is 12.7.